The third kappa shape index (κ3) is 2.08. The number of nitrogens with one attached hydrogen (secondary N) is 1. The molecule has 0 unspecified atom stereocenters. The fourth-order valence-corrected chi connectivity index (χ4v) is 1.32. The Labute approximate surface area is 65.5 Å². The van der Waals surface area contributed by atoms with Gasteiger partial charge in [-0.1, -0.05) is 0 Å². The first kappa shape index (κ1) is 8.33. The van der Waals surface area contributed by atoms with E-state index < -0.39 is 12.2 Å². The van der Waals surface area contributed by atoms with Crippen molar-refractivity contribution in [1.29, 1.82) is 0 Å². The lowest BCUT2D eigenvalue weighted by Crippen LogP contribution is -2.39. The molecule has 2 atom stereocenters. The number of ether oxygens (including phenoxy) is 1. The summed E-state index contributed by atoms with van der Waals surface area (Å²) in [6.45, 7) is 0. The van der Waals surface area contributed by atoms with Crippen LogP contribution in [0.1, 0.15) is 19.3 Å². The molecule has 11 heavy (non-hydrogen) atoms. The molecule has 1 amide bonds. The quantitative estimate of drug-likeness (QED) is 0.576. The first-order valence-corrected chi connectivity index (χ1v) is 3.76. The van der Waals surface area contributed by atoms with Gasteiger partial charge in [0.05, 0.1) is 19.3 Å². The number of alkyl carbamates (subject to hydrolysis) is 1. The number of amides is 1. The topological polar surface area (TPSA) is 58.6 Å². The van der Waals surface area contributed by atoms with Gasteiger partial charge < -0.3 is 15.2 Å². The van der Waals surface area contributed by atoms with E-state index >= 15 is 0 Å². The number of carbonyl (C=O) groups is 1. The van der Waals surface area contributed by atoms with Crippen LogP contribution in [0, 0.1) is 0 Å². The molecule has 0 aliphatic heterocycles. The maximum absolute atomic E-state index is 10.7. The van der Waals surface area contributed by atoms with Gasteiger partial charge in [-0.05, 0) is 19.3 Å². The van der Waals surface area contributed by atoms with Gasteiger partial charge in [0.1, 0.15) is 0 Å². The molecule has 0 aromatic rings. The number of hydrogen-bond donors (Lipinski definition) is 2. The number of aliphatic hydroxyl groups excluding tert-OH is 1. The summed E-state index contributed by atoms with van der Waals surface area (Å²) in [7, 11) is 1.32. The number of carbonyl (C=O) groups excluding carboxylic acids is 1. The third-order valence-corrected chi connectivity index (χ3v) is 1.97. The summed E-state index contributed by atoms with van der Waals surface area (Å²) in [5, 5.41) is 11.8. The minimum absolute atomic E-state index is 0.109. The minimum Gasteiger partial charge on any atom is -0.453 e. The van der Waals surface area contributed by atoms with E-state index in [1.807, 2.05) is 0 Å². The van der Waals surface area contributed by atoms with Crippen LogP contribution in [0.3, 0.4) is 0 Å². The highest BCUT2D eigenvalue weighted by Crippen LogP contribution is 2.18. The number of methoxy groups -OCH3 is 1. The average Bonchev–Trinajstić information content (AvgIpc) is 2.37. The Morgan fingerprint density at radius 2 is 2.36 bits per heavy atom. The normalized spacial score (nSPS) is 30.0. The molecule has 0 heterocycles. The van der Waals surface area contributed by atoms with Crippen molar-refractivity contribution in [2.24, 2.45) is 0 Å². The second-order valence-electron chi connectivity index (χ2n) is 2.74. The van der Waals surface area contributed by atoms with Crippen molar-refractivity contribution in [1.82, 2.24) is 5.32 Å². The van der Waals surface area contributed by atoms with E-state index in [-0.39, 0.29) is 6.04 Å². The highest BCUT2D eigenvalue weighted by molar-refractivity contribution is 5.67. The van der Waals surface area contributed by atoms with E-state index in [1.54, 1.807) is 0 Å². The van der Waals surface area contributed by atoms with Gasteiger partial charge in [0, 0.05) is 0 Å². The maximum atomic E-state index is 10.7. The second-order valence-corrected chi connectivity index (χ2v) is 2.74. The maximum Gasteiger partial charge on any atom is 0.407 e. The van der Waals surface area contributed by atoms with Gasteiger partial charge in [-0.15, -0.1) is 0 Å². The SMILES string of the molecule is COC(=O)N[C@@H]1CCC[C@H]1O. The van der Waals surface area contributed by atoms with Gasteiger partial charge >= 0.3 is 6.09 Å². The van der Waals surface area contributed by atoms with Crippen LogP contribution < -0.4 is 5.32 Å². The largest absolute Gasteiger partial charge is 0.453 e. The molecule has 1 saturated carbocycles. The molecule has 0 radical (unpaired) electrons. The molecule has 1 aliphatic carbocycles. The number of hydrogen-bond acceptors (Lipinski definition) is 3. The predicted octanol–water partition coefficient (Wildman–Crippen LogP) is 0.256. The number of aliphatic hydroxyl groups is 1. The van der Waals surface area contributed by atoms with Crippen LogP contribution in [-0.2, 0) is 4.74 Å². The highest BCUT2D eigenvalue weighted by atomic mass is 16.5. The van der Waals surface area contributed by atoms with Gasteiger partial charge in [0.25, 0.3) is 0 Å². The van der Waals surface area contributed by atoms with E-state index in [9.17, 15) is 9.90 Å². The smallest absolute Gasteiger partial charge is 0.407 e. The molecule has 1 rings (SSSR count). The van der Waals surface area contributed by atoms with E-state index in [2.05, 4.69) is 10.1 Å². The molecule has 0 spiro atoms. The average molecular weight is 159 g/mol. The van der Waals surface area contributed by atoms with Crippen LogP contribution in [-0.4, -0.2) is 30.5 Å². The van der Waals surface area contributed by atoms with Crippen molar-refractivity contribution in [2.45, 2.75) is 31.4 Å². The molecule has 1 fully saturated rings. The van der Waals surface area contributed by atoms with Crippen molar-refractivity contribution in [3.05, 3.63) is 0 Å². The first-order chi connectivity index (χ1) is 5.24. The van der Waals surface area contributed by atoms with E-state index in [4.69, 9.17) is 0 Å². The van der Waals surface area contributed by atoms with Gasteiger partial charge in [-0.3, -0.25) is 0 Å². The summed E-state index contributed by atoms with van der Waals surface area (Å²) in [6, 6.07) is -0.109. The van der Waals surface area contributed by atoms with Crippen LogP contribution in [0.4, 0.5) is 4.79 Å². The Bertz CT molecular complexity index is 149. The summed E-state index contributed by atoms with van der Waals surface area (Å²) in [6.07, 6.45) is 1.73. The van der Waals surface area contributed by atoms with Gasteiger partial charge in [0.15, 0.2) is 0 Å². The van der Waals surface area contributed by atoms with Gasteiger partial charge in [0.2, 0.25) is 0 Å². The summed E-state index contributed by atoms with van der Waals surface area (Å²) in [5.74, 6) is 0. The highest BCUT2D eigenvalue weighted by Gasteiger charge is 2.26. The lowest BCUT2D eigenvalue weighted by molar-refractivity contribution is 0.129. The fraction of sp³-hybridized carbons (Fsp3) is 0.857. The summed E-state index contributed by atoms with van der Waals surface area (Å²) in [4.78, 5) is 10.7. The van der Waals surface area contributed by atoms with Crippen molar-refractivity contribution < 1.29 is 14.6 Å². The van der Waals surface area contributed by atoms with Crippen LogP contribution >= 0.6 is 0 Å². The Balaban J connectivity index is 2.30. The standard InChI is InChI=1S/C7H13NO3/c1-11-7(10)8-5-3-2-4-6(5)9/h5-6,9H,2-4H2,1H3,(H,8,10)/t5-,6-/m1/s1. The summed E-state index contributed by atoms with van der Waals surface area (Å²) >= 11 is 0. The van der Waals surface area contributed by atoms with Crippen molar-refractivity contribution in [3.8, 4) is 0 Å². The van der Waals surface area contributed by atoms with Gasteiger partial charge in [-0.2, -0.15) is 0 Å². The van der Waals surface area contributed by atoms with Crippen molar-refractivity contribution in [3.63, 3.8) is 0 Å². The lowest BCUT2D eigenvalue weighted by atomic mass is 10.2. The Kier molecular flexibility index (Phi) is 2.70. The van der Waals surface area contributed by atoms with Crippen molar-refractivity contribution >= 4 is 6.09 Å². The first-order valence-electron chi connectivity index (χ1n) is 3.76. The predicted molar refractivity (Wildman–Crippen MR) is 39.2 cm³/mol. The Hall–Kier alpha value is -0.770. The van der Waals surface area contributed by atoms with E-state index in [1.165, 1.54) is 7.11 Å². The molecule has 0 aromatic carbocycles. The second kappa shape index (κ2) is 3.57. The molecule has 2 N–H and O–H groups in total. The van der Waals surface area contributed by atoms with Crippen LogP contribution in [0.2, 0.25) is 0 Å². The zero-order chi connectivity index (χ0) is 8.27. The minimum atomic E-state index is -0.462. The van der Waals surface area contributed by atoms with Crippen LogP contribution in [0.15, 0.2) is 0 Å². The van der Waals surface area contributed by atoms with Gasteiger partial charge in [-0.25, -0.2) is 4.79 Å². The molecule has 1 aliphatic rings. The Morgan fingerprint density at radius 3 is 2.82 bits per heavy atom. The molecule has 64 valence electrons. The summed E-state index contributed by atoms with van der Waals surface area (Å²) in [5.41, 5.74) is 0. The van der Waals surface area contributed by atoms with E-state index in [0.717, 1.165) is 19.3 Å². The molecule has 4 nitrogen and oxygen atoms in total. The van der Waals surface area contributed by atoms with Crippen LogP contribution in [0.25, 0.3) is 0 Å². The van der Waals surface area contributed by atoms with Crippen molar-refractivity contribution in [2.75, 3.05) is 7.11 Å². The molecular formula is C7H13NO3. The third-order valence-electron chi connectivity index (χ3n) is 1.97. The molecule has 4 heteroatoms. The zero-order valence-corrected chi connectivity index (χ0v) is 6.54. The molecule has 0 bridgehead atoms. The molecule has 0 saturated heterocycles. The summed E-state index contributed by atoms with van der Waals surface area (Å²) < 4.78 is 4.40. The number of rotatable bonds is 1. The van der Waals surface area contributed by atoms with E-state index in [0.29, 0.717) is 0 Å². The molecular weight excluding hydrogens is 146 g/mol. The zero-order valence-electron chi connectivity index (χ0n) is 6.54. The van der Waals surface area contributed by atoms with Crippen LogP contribution in [0.5, 0.6) is 0 Å². The Morgan fingerprint density at radius 1 is 1.64 bits per heavy atom. The fourth-order valence-electron chi connectivity index (χ4n) is 1.32. The lowest BCUT2D eigenvalue weighted by Gasteiger charge is -2.14. The molecule has 0 aromatic heterocycles. The monoisotopic (exact) mass is 159 g/mol.